The molecule has 172 valence electrons. The van der Waals surface area contributed by atoms with Crippen LogP contribution in [0.1, 0.15) is 33.4 Å². The van der Waals surface area contributed by atoms with Crippen LogP contribution in [-0.2, 0) is 19.5 Å². The molecule has 0 aliphatic carbocycles. The standard InChI is InChI=1S/C26H31N3.2ClH.Ru/c1-17-13-19(3)24(20(4)14-17)28-11-12-29(26(28)23-9-7-8-10-27-23)25-21(5)15-18(2)16-22(25)6;;;/h7-10,13-16,27H,11-12H2,1-6H3;2*1H;/q;;;+2/p-2. The Morgan fingerprint density at radius 3 is 1.41 bits per heavy atom. The Morgan fingerprint density at radius 1 is 0.656 bits per heavy atom. The Bertz CT molecular complexity index is 959. The van der Waals surface area contributed by atoms with E-state index in [2.05, 4.69) is 93.1 Å². The molecule has 1 N–H and O–H groups in total. The Balaban J connectivity index is 0.00000171. The van der Waals surface area contributed by atoms with Crippen LogP contribution in [0.4, 0.5) is 11.4 Å². The van der Waals surface area contributed by atoms with Gasteiger partial charge in [-0.25, -0.2) is 0 Å². The van der Waals surface area contributed by atoms with Crippen molar-refractivity contribution in [2.45, 2.75) is 41.5 Å². The molecule has 3 nitrogen and oxygen atoms in total. The van der Waals surface area contributed by atoms with Gasteiger partial charge in [0, 0.05) is 30.7 Å². The van der Waals surface area contributed by atoms with Crippen LogP contribution >= 0.6 is 0 Å². The van der Waals surface area contributed by atoms with E-state index in [9.17, 15) is 0 Å². The summed E-state index contributed by atoms with van der Waals surface area (Å²) in [5.41, 5.74) is 11.7. The minimum atomic E-state index is 0. The molecule has 0 radical (unpaired) electrons. The van der Waals surface area contributed by atoms with E-state index in [1.54, 1.807) is 0 Å². The molecular formula is C26H31Cl2N3Ru. The van der Waals surface area contributed by atoms with Crippen molar-refractivity contribution in [3.05, 3.63) is 93.6 Å². The zero-order valence-electron chi connectivity index (χ0n) is 19.5. The van der Waals surface area contributed by atoms with E-state index >= 15 is 0 Å². The third-order valence-electron chi connectivity index (χ3n) is 5.82. The predicted molar refractivity (Wildman–Crippen MR) is 124 cm³/mol. The van der Waals surface area contributed by atoms with Gasteiger partial charge in [0.05, 0.1) is 5.70 Å². The molecule has 32 heavy (non-hydrogen) atoms. The Labute approximate surface area is 218 Å². The quantitative estimate of drug-likeness (QED) is 0.513. The zero-order chi connectivity index (χ0) is 20.7. The number of hydrogen-bond donors (Lipinski definition) is 1. The first-order valence-electron chi connectivity index (χ1n) is 10.4. The van der Waals surface area contributed by atoms with Gasteiger partial charge < -0.3 is 39.9 Å². The summed E-state index contributed by atoms with van der Waals surface area (Å²) in [6, 6.07) is 9.17. The fraction of sp³-hybridized carbons (Fsp3) is 0.308. The zero-order valence-corrected chi connectivity index (χ0v) is 22.8. The number of nitrogens with zero attached hydrogens (tertiary/aromatic N) is 2. The first-order chi connectivity index (χ1) is 13.9. The van der Waals surface area contributed by atoms with E-state index in [1.807, 2.05) is 12.3 Å². The van der Waals surface area contributed by atoms with Gasteiger partial charge in [-0.1, -0.05) is 41.5 Å². The van der Waals surface area contributed by atoms with Gasteiger partial charge in [-0.15, -0.1) is 0 Å². The maximum Gasteiger partial charge on any atom is 2.00 e. The molecule has 0 atom stereocenters. The molecule has 2 aromatic carbocycles. The molecule has 1 saturated heterocycles. The second-order valence-corrected chi connectivity index (χ2v) is 8.40. The summed E-state index contributed by atoms with van der Waals surface area (Å²) in [6.07, 6.45) is 8.34. The Kier molecular flexibility index (Phi) is 10.1. The third kappa shape index (κ3) is 5.25. The Morgan fingerprint density at radius 2 is 1.06 bits per heavy atom. The van der Waals surface area contributed by atoms with E-state index in [-0.39, 0.29) is 44.3 Å². The first-order valence-corrected chi connectivity index (χ1v) is 10.4. The van der Waals surface area contributed by atoms with Gasteiger partial charge in [0.2, 0.25) is 0 Å². The minimum Gasteiger partial charge on any atom is -1.00 e. The molecule has 0 aromatic heterocycles. The van der Waals surface area contributed by atoms with Crippen molar-refractivity contribution in [2.24, 2.45) is 0 Å². The van der Waals surface area contributed by atoms with Gasteiger partial charge in [0.15, 0.2) is 0 Å². The first kappa shape index (κ1) is 28.3. The van der Waals surface area contributed by atoms with Crippen LogP contribution in [0.5, 0.6) is 0 Å². The number of anilines is 2. The largest absolute Gasteiger partial charge is 2.00 e. The molecule has 0 unspecified atom stereocenters. The van der Waals surface area contributed by atoms with Gasteiger partial charge in [-0.2, -0.15) is 0 Å². The van der Waals surface area contributed by atoms with Crippen molar-refractivity contribution in [3.8, 4) is 0 Å². The number of aryl methyl sites for hydroxylation is 6. The molecular weight excluding hydrogens is 526 g/mol. The van der Waals surface area contributed by atoms with Crippen molar-refractivity contribution in [1.29, 1.82) is 0 Å². The third-order valence-corrected chi connectivity index (χ3v) is 5.82. The number of benzene rings is 2. The maximum atomic E-state index is 3.49. The topological polar surface area (TPSA) is 18.5 Å². The summed E-state index contributed by atoms with van der Waals surface area (Å²) in [6.45, 7) is 15.2. The van der Waals surface area contributed by atoms with Crippen LogP contribution < -0.4 is 39.9 Å². The van der Waals surface area contributed by atoms with Crippen molar-refractivity contribution in [2.75, 3.05) is 22.9 Å². The summed E-state index contributed by atoms with van der Waals surface area (Å²) in [7, 11) is 0. The van der Waals surface area contributed by atoms with Crippen LogP contribution in [0.2, 0.25) is 0 Å². The van der Waals surface area contributed by atoms with Crippen molar-refractivity contribution in [3.63, 3.8) is 0 Å². The second kappa shape index (κ2) is 11.4. The summed E-state index contributed by atoms with van der Waals surface area (Å²) in [4.78, 5) is 4.99. The van der Waals surface area contributed by atoms with Gasteiger partial charge >= 0.3 is 19.5 Å². The molecule has 1 fully saturated rings. The number of halogens is 2. The molecule has 2 heterocycles. The van der Waals surface area contributed by atoms with Crippen LogP contribution in [0.25, 0.3) is 0 Å². The van der Waals surface area contributed by atoms with E-state index in [4.69, 9.17) is 0 Å². The van der Waals surface area contributed by atoms with Crippen molar-refractivity contribution >= 4 is 11.4 Å². The van der Waals surface area contributed by atoms with Gasteiger partial charge in [-0.3, -0.25) is 0 Å². The number of allylic oxidation sites excluding steroid dienone is 3. The molecule has 0 amide bonds. The average molecular weight is 558 g/mol. The van der Waals surface area contributed by atoms with E-state index in [0.717, 1.165) is 18.8 Å². The normalized spacial score (nSPS) is 14.6. The number of rotatable bonds is 2. The number of nitrogens with one attached hydrogen (secondary N) is 1. The maximum absolute atomic E-state index is 3.49. The summed E-state index contributed by atoms with van der Waals surface area (Å²) in [5, 5.41) is 3.49. The summed E-state index contributed by atoms with van der Waals surface area (Å²) >= 11 is 0. The molecule has 6 heteroatoms. The molecule has 2 aliphatic rings. The average Bonchev–Trinajstić information content (AvgIpc) is 3.05. The molecule has 0 bridgehead atoms. The minimum absolute atomic E-state index is 0. The van der Waals surface area contributed by atoms with Gasteiger partial charge in [0.25, 0.3) is 0 Å². The smallest absolute Gasteiger partial charge is 1.00 e. The molecule has 2 aromatic rings. The Hall–Kier alpha value is -1.74. The number of dihydropyridines is 1. The predicted octanol–water partition coefficient (Wildman–Crippen LogP) is -0.289. The van der Waals surface area contributed by atoms with Crippen molar-refractivity contribution < 1.29 is 44.3 Å². The van der Waals surface area contributed by atoms with Crippen LogP contribution in [0.3, 0.4) is 0 Å². The van der Waals surface area contributed by atoms with Gasteiger partial charge in [0.1, 0.15) is 5.82 Å². The SMILES string of the molecule is Cc1cc(C)c(N2CCN(c3c(C)cc(C)cc3C)C2=C2C=CC=CN2)c(C)c1.[Cl-].[Cl-].[Ru+2]. The number of hydrogen-bond acceptors (Lipinski definition) is 3. The van der Waals surface area contributed by atoms with E-state index in [0.29, 0.717) is 0 Å². The fourth-order valence-corrected chi connectivity index (χ4v) is 5.01. The van der Waals surface area contributed by atoms with E-state index in [1.165, 1.54) is 50.6 Å². The van der Waals surface area contributed by atoms with Gasteiger partial charge in [-0.05, 0) is 75.9 Å². The second-order valence-electron chi connectivity index (χ2n) is 8.40. The molecule has 4 rings (SSSR count). The summed E-state index contributed by atoms with van der Waals surface area (Å²) < 4.78 is 0. The van der Waals surface area contributed by atoms with Crippen LogP contribution in [0.15, 0.2) is 60.2 Å². The summed E-state index contributed by atoms with van der Waals surface area (Å²) in [5.74, 6) is 1.23. The molecule has 0 saturated carbocycles. The van der Waals surface area contributed by atoms with E-state index < -0.39 is 0 Å². The molecule has 0 spiro atoms. The molecule has 2 aliphatic heterocycles. The van der Waals surface area contributed by atoms with Crippen LogP contribution in [-0.4, -0.2) is 13.1 Å². The monoisotopic (exact) mass is 557 g/mol. The van der Waals surface area contributed by atoms with Crippen LogP contribution in [0, 0.1) is 41.5 Å². The fourth-order valence-electron chi connectivity index (χ4n) is 5.01. The van der Waals surface area contributed by atoms with Crippen molar-refractivity contribution in [1.82, 2.24) is 5.32 Å².